The first-order valence-corrected chi connectivity index (χ1v) is 10.6. The Hall–Kier alpha value is -3.61. The number of ketones is 1. The van der Waals surface area contributed by atoms with E-state index in [4.69, 9.17) is 0 Å². The summed E-state index contributed by atoms with van der Waals surface area (Å²) in [5, 5.41) is 16.5. The molecule has 0 fully saturated rings. The lowest BCUT2D eigenvalue weighted by Crippen LogP contribution is -2.11. The molecule has 2 aromatic heterocycles. The van der Waals surface area contributed by atoms with Crippen LogP contribution in [0.15, 0.2) is 60.9 Å². The van der Waals surface area contributed by atoms with E-state index < -0.39 is 0 Å². The van der Waals surface area contributed by atoms with Crippen LogP contribution in [0.5, 0.6) is 0 Å². The Morgan fingerprint density at radius 3 is 1.47 bits per heavy atom. The van der Waals surface area contributed by atoms with Crippen LogP contribution in [0.1, 0.15) is 68.9 Å². The van der Waals surface area contributed by atoms with Gasteiger partial charge in [-0.15, -0.1) is 10.2 Å². The smallest absolute Gasteiger partial charge is 0.236 e. The lowest BCUT2D eigenvalue weighted by Gasteiger charge is -2.19. The molecule has 7 heteroatoms. The number of benzene rings is 2. The third-order valence-corrected chi connectivity index (χ3v) is 5.41. The summed E-state index contributed by atoms with van der Waals surface area (Å²) in [5.41, 5.74) is 4.54. The van der Waals surface area contributed by atoms with Gasteiger partial charge in [-0.1, -0.05) is 76.2 Å². The van der Waals surface area contributed by atoms with Gasteiger partial charge in [0.15, 0.2) is 11.4 Å². The summed E-state index contributed by atoms with van der Waals surface area (Å²) in [6.07, 6.45) is 3.26. The Morgan fingerprint density at radius 2 is 1.09 bits per heavy atom. The van der Waals surface area contributed by atoms with Crippen molar-refractivity contribution in [3.8, 4) is 11.4 Å². The molecule has 0 saturated carbocycles. The molecule has 32 heavy (non-hydrogen) atoms. The third kappa shape index (κ3) is 4.37. The lowest BCUT2D eigenvalue weighted by atomic mass is 9.87. The molecule has 0 aliphatic rings. The summed E-state index contributed by atoms with van der Waals surface area (Å²) < 4.78 is 3.22. The molecule has 0 N–H and O–H groups in total. The van der Waals surface area contributed by atoms with Crippen LogP contribution < -0.4 is 0 Å². The van der Waals surface area contributed by atoms with Gasteiger partial charge in [-0.2, -0.15) is 0 Å². The van der Waals surface area contributed by atoms with E-state index in [1.54, 1.807) is 21.8 Å². The van der Waals surface area contributed by atoms with Crippen molar-refractivity contribution in [2.75, 3.05) is 0 Å². The Labute approximate surface area is 188 Å². The average molecular weight is 429 g/mol. The molecule has 0 unspecified atom stereocenters. The fraction of sp³-hybridized carbons (Fsp3) is 0.320. The van der Waals surface area contributed by atoms with Gasteiger partial charge in [-0.3, -0.25) is 4.79 Å². The second-order valence-electron chi connectivity index (χ2n) is 10.0. The van der Waals surface area contributed by atoms with Gasteiger partial charge in [0.25, 0.3) is 0 Å². The van der Waals surface area contributed by atoms with E-state index in [0.717, 1.165) is 11.4 Å². The predicted octanol–water partition coefficient (Wildman–Crippen LogP) is 4.67. The predicted molar refractivity (Wildman–Crippen MR) is 124 cm³/mol. The van der Waals surface area contributed by atoms with Crippen LogP contribution in [-0.2, 0) is 10.8 Å². The Morgan fingerprint density at radius 1 is 0.688 bits per heavy atom. The van der Waals surface area contributed by atoms with E-state index in [-0.39, 0.29) is 28.0 Å². The van der Waals surface area contributed by atoms with Gasteiger partial charge < -0.3 is 0 Å². The van der Waals surface area contributed by atoms with Crippen molar-refractivity contribution in [3.05, 3.63) is 83.4 Å². The molecule has 164 valence electrons. The summed E-state index contributed by atoms with van der Waals surface area (Å²) in [4.78, 5) is 13.0. The van der Waals surface area contributed by atoms with Crippen LogP contribution >= 0.6 is 0 Å². The van der Waals surface area contributed by atoms with Crippen molar-refractivity contribution in [3.63, 3.8) is 0 Å². The van der Waals surface area contributed by atoms with Crippen LogP contribution in [0.3, 0.4) is 0 Å². The molecular weight excluding hydrogens is 400 g/mol. The molecule has 0 radical (unpaired) electrons. The van der Waals surface area contributed by atoms with Gasteiger partial charge in [0, 0.05) is 0 Å². The van der Waals surface area contributed by atoms with Crippen LogP contribution in [-0.4, -0.2) is 35.8 Å². The molecule has 0 spiro atoms. The van der Waals surface area contributed by atoms with Crippen molar-refractivity contribution in [1.29, 1.82) is 0 Å². The highest BCUT2D eigenvalue weighted by atomic mass is 16.1. The molecule has 0 aliphatic heterocycles. The van der Waals surface area contributed by atoms with Crippen molar-refractivity contribution < 1.29 is 4.79 Å². The molecule has 0 saturated heterocycles. The Kier molecular flexibility index (Phi) is 5.28. The number of carbonyl (C=O) groups is 1. The van der Waals surface area contributed by atoms with Crippen LogP contribution in [0.2, 0.25) is 0 Å². The third-order valence-electron chi connectivity index (χ3n) is 5.41. The normalized spacial score (nSPS) is 12.2. The first-order chi connectivity index (χ1) is 15.0. The molecule has 0 atom stereocenters. The van der Waals surface area contributed by atoms with Crippen molar-refractivity contribution >= 4 is 5.78 Å². The molecule has 7 nitrogen and oxygen atoms in total. The maximum absolute atomic E-state index is 13.0. The van der Waals surface area contributed by atoms with E-state index in [1.807, 2.05) is 24.3 Å². The zero-order valence-electron chi connectivity index (χ0n) is 19.4. The van der Waals surface area contributed by atoms with Crippen molar-refractivity contribution in [2.45, 2.75) is 52.4 Å². The topological polar surface area (TPSA) is 78.5 Å². The van der Waals surface area contributed by atoms with Gasteiger partial charge in [-0.05, 0) is 46.2 Å². The zero-order valence-corrected chi connectivity index (χ0v) is 19.4. The van der Waals surface area contributed by atoms with E-state index in [2.05, 4.69) is 86.4 Å². The molecule has 4 rings (SSSR count). The molecule has 0 aliphatic carbocycles. The number of nitrogens with zero attached hydrogens (tertiary/aromatic N) is 6. The maximum atomic E-state index is 13.0. The Bertz CT molecular complexity index is 1170. The number of rotatable bonds is 4. The van der Waals surface area contributed by atoms with Gasteiger partial charge in [-0.25, -0.2) is 9.36 Å². The molecule has 0 amide bonds. The zero-order chi connectivity index (χ0) is 23.1. The summed E-state index contributed by atoms with van der Waals surface area (Å²) in [5.74, 6) is -0.318. The van der Waals surface area contributed by atoms with Crippen molar-refractivity contribution in [2.24, 2.45) is 0 Å². The summed E-state index contributed by atoms with van der Waals surface area (Å²) >= 11 is 0. The lowest BCUT2D eigenvalue weighted by molar-refractivity contribution is 0.102. The minimum Gasteiger partial charge on any atom is -0.285 e. The quantitative estimate of drug-likeness (QED) is 0.441. The van der Waals surface area contributed by atoms with E-state index in [1.165, 1.54) is 11.1 Å². The average Bonchev–Trinajstić information content (AvgIpc) is 3.43. The molecule has 2 aromatic carbocycles. The highest BCUT2D eigenvalue weighted by molar-refractivity contribution is 6.05. The summed E-state index contributed by atoms with van der Waals surface area (Å²) in [6.45, 7) is 12.9. The highest BCUT2D eigenvalue weighted by Crippen LogP contribution is 2.25. The van der Waals surface area contributed by atoms with E-state index >= 15 is 0 Å². The fourth-order valence-corrected chi connectivity index (χ4v) is 3.35. The summed E-state index contributed by atoms with van der Waals surface area (Å²) in [7, 11) is 0. The first kappa shape index (κ1) is 21.6. The molecule has 4 aromatic rings. The minimum absolute atomic E-state index is 0.0119. The second kappa shape index (κ2) is 7.82. The van der Waals surface area contributed by atoms with E-state index in [9.17, 15) is 4.79 Å². The maximum Gasteiger partial charge on any atom is 0.236 e. The van der Waals surface area contributed by atoms with Crippen LogP contribution in [0, 0.1) is 0 Å². The van der Waals surface area contributed by atoms with Gasteiger partial charge in [0.05, 0.1) is 23.8 Å². The highest BCUT2D eigenvalue weighted by Gasteiger charge is 2.20. The summed E-state index contributed by atoms with van der Waals surface area (Å²) in [6, 6.07) is 16.1. The second-order valence-corrected chi connectivity index (χ2v) is 10.0. The number of aromatic nitrogens is 6. The fourth-order valence-electron chi connectivity index (χ4n) is 3.35. The van der Waals surface area contributed by atoms with Crippen LogP contribution in [0.25, 0.3) is 11.4 Å². The van der Waals surface area contributed by atoms with Gasteiger partial charge in [0.1, 0.15) is 0 Å². The number of carbonyl (C=O) groups excluding carboxylic acids is 1. The molecule has 2 heterocycles. The number of hydrogen-bond acceptors (Lipinski definition) is 5. The monoisotopic (exact) mass is 428 g/mol. The largest absolute Gasteiger partial charge is 0.285 e. The van der Waals surface area contributed by atoms with Crippen molar-refractivity contribution in [1.82, 2.24) is 30.0 Å². The molecule has 0 bridgehead atoms. The van der Waals surface area contributed by atoms with Gasteiger partial charge >= 0.3 is 0 Å². The van der Waals surface area contributed by atoms with E-state index in [0.29, 0.717) is 0 Å². The number of hydrogen-bond donors (Lipinski definition) is 0. The SMILES string of the molecule is CC(C)(C)c1cccc(-n2cc(C(=O)c3cn(-c4cccc(C(C)(C)C)c4)nn3)nn2)c1. The standard InChI is InChI=1S/C25H28N6O/c1-24(2,3)17-9-7-11-19(13-17)30-15-21(26-28-30)23(32)22-16-31(29-27-22)20-12-8-10-18(14-20)25(4,5)6/h7-16H,1-6H3. The van der Waals surface area contributed by atoms with Gasteiger partial charge in [0.2, 0.25) is 5.78 Å². The first-order valence-electron chi connectivity index (χ1n) is 10.6. The minimum atomic E-state index is -0.318. The Balaban J connectivity index is 1.59. The molecular formula is C25H28N6O. The van der Waals surface area contributed by atoms with Crippen LogP contribution in [0.4, 0.5) is 0 Å².